The number of carbonyl (C=O) groups is 2. The summed E-state index contributed by atoms with van der Waals surface area (Å²) in [6.07, 6.45) is 3.00. The van der Waals surface area contributed by atoms with Crippen LogP contribution in [0.25, 0.3) is 0 Å². The van der Waals surface area contributed by atoms with Crippen molar-refractivity contribution < 1.29 is 14.3 Å². The van der Waals surface area contributed by atoms with E-state index in [1.54, 1.807) is 0 Å². The van der Waals surface area contributed by atoms with E-state index < -0.39 is 5.60 Å². The standard InChI is InChI=1S/C14H25N3O3/c1-14(2,3)20-13(19)17-11-6-10(7-11)16-9-4-5-12(18)15-8-9/h9-11,16H,4-8H2,1-3H3,(H,15,18)(H,17,19). The number of piperidine rings is 1. The van der Waals surface area contributed by atoms with Crippen LogP contribution in [0.1, 0.15) is 46.5 Å². The maximum absolute atomic E-state index is 11.6. The summed E-state index contributed by atoms with van der Waals surface area (Å²) < 4.78 is 5.22. The molecule has 1 saturated heterocycles. The maximum Gasteiger partial charge on any atom is 0.407 e. The van der Waals surface area contributed by atoms with Gasteiger partial charge in [-0.1, -0.05) is 0 Å². The van der Waals surface area contributed by atoms with Crippen LogP contribution in [0, 0.1) is 0 Å². The molecule has 1 atom stereocenters. The van der Waals surface area contributed by atoms with Crippen LogP contribution in [0.4, 0.5) is 4.79 Å². The fourth-order valence-corrected chi connectivity index (χ4v) is 2.55. The van der Waals surface area contributed by atoms with E-state index in [4.69, 9.17) is 4.74 Å². The van der Waals surface area contributed by atoms with Crippen LogP contribution in [0.5, 0.6) is 0 Å². The third kappa shape index (κ3) is 4.67. The van der Waals surface area contributed by atoms with Gasteiger partial charge in [0.2, 0.25) is 5.91 Å². The van der Waals surface area contributed by atoms with Crippen molar-refractivity contribution in [1.82, 2.24) is 16.0 Å². The van der Waals surface area contributed by atoms with Gasteiger partial charge in [-0.3, -0.25) is 4.79 Å². The fraction of sp³-hybridized carbons (Fsp3) is 0.857. The largest absolute Gasteiger partial charge is 0.444 e. The number of rotatable bonds is 3. The second kappa shape index (κ2) is 5.99. The molecule has 1 aliphatic carbocycles. The third-order valence-corrected chi connectivity index (χ3v) is 3.60. The minimum absolute atomic E-state index is 0.140. The molecule has 2 fully saturated rings. The number of alkyl carbamates (subject to hydrolysis) is 1. The predicted molar refractivity (Wildman–Crippen MR) is 75.3 cm³/mol. The van der Waals surface area contributed by atoms with E-state index in [0.29, 0.717) is 25.0 Å². The molecule has 0 aromatic rings. The molecule has 1 unspecified atom stereocenters. The van der Waals surface area contributed by atoms with Gasteiger partial charge in [-0.25, -0.2) is 4.79 Å². The highest BCUT2D eigenvalue weighted by molar-refractivity contribution is 5.76. The van der Waals surface area contributed by atoms with Gasteiger partial charge in [0.1, 0.15) is 5.60 Å². The van der Waals surface area contributed by atoms with Gasteiger partial charge >= 0.3 is 6.09 Å². The summed E-state index contributed by atoms with van der Waals surface area (Å²) in [5, 5.41) is 9.26. The molecule has 1 aliphatic heterocycles. The van der Waals surface area contributed by atoms with Crippen molar-refractivity contribution in [3.63, 3.8) is 0 Å². The lowest BCUT2D eigenvalue weighted by Crippen LogP contribution is -2.57. The summed E-state index contributed by atoms with van der Waals surface area (Å²) in [5.74, 6) is 0.140. The number of hydrogen-bond donors (Lipinski definition) is 3. The number of amides is 2. The molecule has 20 heavy (non-hydrogen) atoms. The van der Waals surface area contributed by atoms with Gasteiger partial charge in [0.05, 0.1) is 0 Å². The Morgan fingerprint density at radius 3 is 2.50 bits per heavy atom. The van der Waals surface area contributed by atoms with Crippen LogP contribution in [0.15, 0.2) is 0 Å². The Kier molecular flexibility index (Phi) is 4.52. The molecule has 2 amide bonds. The van der Waals surface area contributed by atoms with E-state index in [1.807, 2.05) is 20.8 Å². The second-order valence-corrected chi connectivity index (χ2v) is 6.72. The van der Waals surface area contributed by atoms with Crippen molar-refractivity contribution in [2.75, 3.05) is 6.54 Å². The predicted octanol–water partition coefficient (Wildman–Crippen LogP) is 0.910. The van der Waals surface area contributed by atoms with Crippen LogP contribution >= 0.6 is 0 Å². The molecule has 0 bridgehead atoms. The van der Waals surface area contributed by atoms with E-state index >= 15 is 0 Å². The van der Waals surface area contributed by atoms with Gasteiger partial charge in [0.15, 0.2) is 0 Å². The third-order valence-electron chi connectivity index (χ3n) is 3.60. The highest BCUT2D eigenvalue weighted by Crippen LogP contribution is 2.22. The lowest BCUT2D eigenvalue weighted by Gasteiger charge is -2.39. The molecule has 3 N–H and O–H groups in total. The Labute approximate surface area is 120 Å². The summed E-state index contributed by atoms with van der Waals surface area (Å²) in [5.41, 5.74) is -0.453. The van der Waals surface area contributed by atoms with Crippen LogP contribution in [-0.4, -0.2) is 42.3 Å². The highest BCUT2D eigenvalue weighted by Gasteiger charge is 2.33. The number of nitrogens with one attached hydrogen (secondary N) is 3. The lowest BCUT2D eigenvalue weighted by molar-refractivity contribution is -0.122. The topological polar surface area (TPSA) is 79.5 Å². The van der Waals surface area contributed by atoms with Gasteiger partial charge in [0, 0.05) is 31.1 Å². The first-order valence-corrected chi connectivity index (χ1v) is 7.34. The minimum atomic E-state index is -0.453. The summed E-state index contributed by atoms with van der Waals surface area (Å²) >= 11 is 0. The van der Waals surface area contributed by atoms with Crippen molar-refractivity contribution in [2.24, 2.45) is 0 Å². The van der Waals surface area contributed by atoms with Crippen molar-refractivity contribution in [1.29, 1.82) is 0 Å². The molecular formula is C14H25N3O3. The van der Waals surface area contributed by atoms with Crippen LogP contribution in [0.2, 0.25) is 0 Å². The number of ether oxygens (including phenoxy) is 1. The van der Waals surface area contributed by atoms with Crippen LogP contribution in [0.3, 0.4) is 0 Å². The summed E-state index contributed by atoms with van der Waals surface area (Å²) in [6.45, 7) is 6.28. The molecule has 0 aromatic carbocycles. The van der Waals surface area contributed by atoms with Gasteiger partial charge in [-0.2, -0.15) is 0 Å². The Morgan fingerprint density at radius 1 is 1.25 bits per heavy atom. The van der Waals surface area contributed by atoms with Crippen molar-refractivity contribution in [2.45, 2.75) is 70.2 Å². The SMILES string of the molecule is CC(C)(C)OC(=O)NC1CC(NC2CCC(=O)NC2)C1. The van der Waals surface area contributed by atoms with Crippen LogP contribution in [-0.2, 0) is 9.53 Å². The van der Waals surface area contributed by atoms with Crippen molar-refractivity contribution in [3.05, 3.63) is 0 Å². The molecule has 6 heteroatoms. The average molecular weight is 283 g/mol. The maximum atomic E-state index is 11.6. The first kappa shape index (κ1) is 15.1. The van der Waals surface area contributed by atoms with Gasteiger partial charge in [-0.15, -0.1) is 0 Å². The second-order valence-electron chi connectivity index (χ2n) is 6.72. The zero-order valence-corrected chi connectivity index (χ0v) is 12.5. The molecule has 2 rings (SSSR count). The molecule has 2 aliphatic rings. The molecule has 1 heterocycles. The van der Waals surface area contributed by atoms with E-state index in [9.17, 15) is 9.59 Å². The van der Waals surface area contributed by atoms with Gasteiger partial charge in [0.25, 0.3) is 0 Å². The molecule has 6 nitrogen and oxygen atoms in total. The molecule has 0 spiro atoms. The van der Waals surface area contributed by atoms with E-state index in [0.717, 1.165) is 19.3 Å². The van der Waals surface area contributed by atoms with Crippen molar-refractivity contribution in [3.8, 4) is 0 Å². The Balaban J connectivity index is 1.60. The van der Waals surface area contributed by atoms with Crippen LogP contribution < -0.4 is 16.0 Å². The Morgan fingerprint density at radius 2 is 1.95 bits per heavy atom. The smallest absolute Gasteiger partial charge is 0.407 e. The summed E-state index contributed by atoms with van der Waals surface area (Å²) in [4.78, 5) is 22.7. The zero-order valence-electron chi connectivity index (χ0n) is 12.5. The monoisotopic (exact) mass is 283 g/mol. The Bertz CT molecular complexity index is 362. The molecule has 0 aromatic heterocycles. The molecular weight excluding hydrogens is 258 g/mol. The lowest BCUT2D eigenvalue weighted by atomic mass is 9.86. The minimum Gasteiger partial charge on any atom is -0.444 e. The summed E-state index contributed by atoms with van der Waals surface area (Å²) in [7, 11) is 0. The highest BCUT2D eigenvalue weighted by atomic mass is 16.6. The first-order valence-electron chi connectivity index (χ1n) is 7.34. The number of carbonyl (C=O) groups excluding carboxylic acids is 2. The van der Waals surface area contributed by atoms with E-state index in [-0.39, 0.29) is 18.0 Å². The molecule has 114 valence electrons. The van der Waals surface area contributed by atoms with Gasteiger partial charge < -0.3 is 20.7 Å². The molecule has 0 radical (unpaired) electrons. The van der Waals surface area contributed by atoms with E-state index in [2.05, 4.69) is 16.0 Å². The molecule has 1 saturated carbocycles. The quantitative estimate of drug-likeness (QED) is 0.719. The number of hydrogen-bond acceptors (Lipinski definition) is 4. The van der Waals surface area contributed by atoms with Crippen molar-refractivity contribution >= 4 is 12.0 Å². The average Bonchev–Trinajstić information content (AvgIpc) is 2.26. The zero-order chi connectivity index (χ0) is 14.8. The van der Waals surface area contributed by atoms with Gasteiger partial charge in [-0.05, 0) is 40.0 Å². The Hall–Kier alpha value is -1.30. The van der Waals surface area contributed by atoms with E-state index in [1.165, 1.54) is 0 Å². The normalized spacial score (nSPS) is 30.1. The first-order chi connectivity index (χ1) is 9.32. The summed E-state index contributed by atoms with van der Waals surface area (Å²) in [6, 6.07) is 0.982. The fourth-order valence-electron chi connectivity index (χ4n) is 2.55.